The van der Waals surface area contributed by atoms with Gasteiger partial charge in [0.1, 0.15) is 11.6 Å². The van der Waals surface area contributed by atoms with Crippen LogP contribution >= 0.6 is 0 Å². The molecule has 0 N–H and O–H groups in total. The minimum Gasteiger partial charge on any atom is -0.544 e. The first kappa shape index (κ1) is 26.4. The van der Waals surface area contributed by atoms with Crippen molar-refractivity contribution in [2.24, 2.45) is 0 Å². The van der Waals surface area contributed by atoms with Crippen molar-refractivity contribution in [1.82, 2.24) is 0 Å². The van der Waals surface area contributed by atoms with E-state index in [9.17, 15) is 14.0 Å². The Morgan fingerprint density at radius 3 is 2.08 bits per heavy atom. The first-order valence-corrected chi connectivity index (χ1v) is 15.1. The SMILES string of the molecule is COC(=O)c1ccc(/C=C2\C(=O)N(c3ccc(F)cc3)C2c2ccc(O[Si](C)(C)C(C)(C)C)cc2)cc1. The van der Waals surface area contributed by atoms with E-state index >= 15 is 0 Å². The maximum atomic E-state index is 13.6. The Morgan fingerprint density at radius 2 is 1.54 bits per heavy atom. The summed E-state index contributed by atoms with van der Waals surface area (Å²) in [7, 11) is -0.656. The summed E-state index contributed by atoms with van der Waals surface area (Å²) in [6.45, 7) is 11.0. The van der Waals surface area contributed by atoms with Crippen LogP contribution in [-0.2, 0) is 9.53 Å². The van der Waals surface area contributed by atoms with Gasteiger partial charge < -0.3 is 9.16 Å². The molecule has 0 bridgehead atoms. The number of rotatable bonds is 6. The van der Waals surface area contributed by atoms with Gasteiger partial charge in [0.25, 0.3) is 5.91 Å². The van der Waals surface area contributed by atoms with Crippen LogP contribution in [0.3, 0.4) is 0 Å². The third-order valence-electron chi connectivity index (χ3n) is 7.15. The standard InChI is InChI=1S/C30H32FNO4Si/c1-30(2,3)37(5,6)36-25-17-11-21(12-18-25)27-26(19-20-7-9-22(10-8-20)29(34)35-4)28(33)32(27)24-15-13-23(31)14-16-24/h7-19,27H,1-6H3/b26-19-. The number of carbonyl (C=O) groups excluding carboxylic acids is 2. The lowest BCUT2D eigenvalue weighted by atomic mass is 9.86. The lowest BCUT2D eigenvalue weighted by Crippen LogP contribution is -2.49. The fourth-order valence-corrected chi connectivity index (χ4v) is 4.99. The number of hydrogen-bond acceptors (Lipinski definition) is 4. The molecule has 0 spiro atoms. The molecule has 1 saturated heterocycles. The van der Waals surface area contributed by atoms with Crippen LogP contribution in [0.2, 0.25) is 18.1 Å². The fourth-order valence-electron chi connectivity index (χ4n) is 3.96. The van der Waals surface area contributed by atoms with Crippen LogP contribution in [0.4, 0.5) is 10.1 Å². The van der Waals surface area contributed by atoms with Crippen molar-refractivity contribution in [3.63, 3.8) is 0 Å². The minimum atomic E-state index is -1.99. The van der Waals surface area contributed by atoms with E-state index in [1.807, 2.05) is 30.3 Å². The number of methoxy groups -OCH3 is 1. The third-order valence-corrected chi connectivity index (χ3v) is 11.5. The fraction of sp³-hybridized carbons (Fsp3) is 0.267. The van der Waals surface area contributed by atoms with Gasteiger partial charge in [0.15, 0.2) is 0 Å². The van der Waals surface area contributed by atoms with Crippen LogP contribution in [-0.4, -0.2) is 27.3 Å². The molecule has 3 aromatic carbocycles. The van der Waals surface area contributed by atoms with Crippen molar-refractivity contribution in [3.8, 4) is 5.75 Å². The second-order valence-electron chi connectivity index (χ2n) is 10.7. The Kier molecular flexibility index (Phi) is 7.10. The predicted octanol–water partition coefficient (Wildman–Crippen LogP) is 7.17. The minimum absolute atomic E-state index is 0.0742. The van der Waals surface area contributed by atoms with Crippen LogP contribution < -0.4 is 9.33 Å². The highest BCUT2D eigenvalue weighted by atomic mass is 28.4. The van der Waals surface area contributed by atoms with Crippen LogP contribution in [0.5, 0.6) is 5.75 Å². The summed E-state index contributed by atoms with van der Waals surface area (Å²) >= 11 is 0. The van der Waals surface area contributed by atoms with Gasteiger partial charge in [-0.25, -0.2) is 9.18 Å². The molecule has 1 aliphatic heterocycles. The number of amides is 1. The number of hydrogen-bond donors (Lipinski definition) is 0. The van der Waals surface area contributed by atoms with E-state index < -0.39 is 14.3 Å². The van der Waals surface area contributed by atoms with E-state index in [0.29, 0.717) is 16.8 Å². The van der Waals surface area contributed by atoms with Gasteiger partial charge in [-0.05, 0) is 83.9 Å². The third kappa shape index (κ3) is 5.37. The van der Waals surface area contributed by atoms with Gasteiger partial charge in [0, 0.05) is 11.3 Å². The van der Waals surface area contributed by atoms with Crippen molar-refractivity contribution >= 4 is 32.0 Å². The number of ether oxygens (including phenoxy) is 1. The molecule has 4 rings (SSSR count). The highest BCUT2D eigenvalue weighted by Crippen LogP contribution is 2.45. The molecule has 0 aromatic heterocycles. The number of carbonyl (C=O) groups is 2. The number of esters is 1. The molecule has 3 aromatic rings. The van der Waals surface area contributed by atoms with Gasteiger partial charge in [0.05, 0.1) is 18.7 Å². The Balaban J connectivity index is 1.68. The van der Waals surface area contributed by atoms with Gasteiger partial charge in [0.2, 0.25) is 8.32 Å². The second kappa shape index (κ2) is 9.98. The Labute approximate surface area is 218 Å². The zero-order valence-corrected chi connectivity index (χ0v) is 23.0. The molecule has 37 heavy (non-hydrogen) atoms. The first-order chi connectivity index (χ1) is 17.4. The van der Waals surface area contributed by atoms with E-state index in [2.05, 4.69) is 33.9 Å². The average molecular weight is 518 g/mol. The lowest BCUT2D eigenvalue weighted by molar-refractivity contribution is -0.118. The largest absolute Gasteiger partial charge is 0.544 e. The van der Waals surface area contributed by atoms with Gasteiger partial charge >= 0.3 is 5.97 Å². The summed E-state index contributed by atoms with van der Waals surface area (Å²) in [5, 5.41) is 0.0742. The number of β-lactam (4-membered cyclic amide) rings is 1. The van der Waals surface area contributed by atoms with E-state index in [4.69, 9.17) is 9.16 Å². The predicted molar refractivity (Wildman–Crippen MR) is 147 cm³/mol. The van der Waals surface area contributed by atoms with Crippen molar-refractivity contribution in [1.29, 1.82) is 0 Å². The molecule has 1 unspecified atom stereocenters. The molecule has 1 atom stereocenters. The quantitative estimate of drug-likeness (QED) is 0.151. The summed E-state index contributed by atoms with van der Waals surface area (Å²) in [5.41, 5.74) is 3.37. The smallest absolute Gasteiger partial charge is 0.337 e. The normalized spacial score (nSPS) is 16.9. The summed E-state index contributed by atoms with van der Waals surface area (Å²) in [6, 6.07) is 20.3. The highest BCUT2D eigenvalue weighted by Gasteiger charge is 2.44. The number of benzene rings is 3. The van der Waals surface area contributed by atoms with E-state index in [1.165, 1.54) is 19.2 Å². The highest BCUT2D eigenvalue weighted by molar-refractivity contribution is 6.74. The molecule has 0 radical (unpaired) electrons. The molecule has 1 amide bonds. The zero-order valence-electron chi connectivity index (χ0n) is 22.0. The van der Waals surface area contributed by atoms with Crippen molar-refractivity contribution in [2.45, 2.75) is 44.9 Å². The maximum Gasteiger partial charge on any atom is 0.337 e. The topological polar surface area (TPSA) is 55.8 Å². The zero-order chi connectivity index (χ0) is 27.0. The number of anilines is 1. The summed E-state index contributed by atoms with van der Waals surface area (Å²) in [5.74, 6) is -0.130. The first-order valence-electron chi connectivity index (χ1n) is 12.2. The molecular weight excluding hydrogens is 485 g/mol. The van der Waals surface area contributed by atoms with E-state index in [0.717, 1.165) is 16.9 Å². The summed E-state index contributed by atoms with van der Waals surface area (Å²) < 4.78 is 24.8. The Hall–Kier alpha value is -3.71. The van der Waals surface area contributed by atoms with Gasteiger partial charge in [-0.15, -0.1) is 0 Å². The Bertz CT molecular complexity index is 1320. The van der Waals surface area contributed by atoms with Crippen LogP contribution in [0.25, 0.3) is 6.08 Å². The van der Waals surface area contributed by atoms with Gasteiger partial charge in [-0.1, -0.05) is 45.0 Å². The lowest BCUT2D eigenvalue weighted by Gasteiger charge is -2.43. The number of nitrogens with zero attached hydrogens (tertiary/aromatic N) is 1. The van der Waals surface area contributed by atoms with Crippen molar-refractivity contribution in [3.05, 3.63) is 101 Å². The molecule has 192 valence electrons. The molecule has 5 nitrogen and oxygen atoms in total. The maximum absolute atomic E-state index is 13.6. The van der Waals surface area contributed by atoms with Crippen LogP contribution in [0.15, 0.2) is 78.4 Å². The molecule has 7 heteroatoms. The van der Waals surface area contributed by atoms with Crippen molar-refractivity contribution < 1.29 is 23.1 Å². The van der Waals surface area contributed by atoms with E-state index in [1.54, 1.807) is 41.3 Å². The van der Waals surface area contributed by atoms with Gasteiger partial charge in [-0.2, -0.15) is 0 Å². The average Bonchev–Trinajstić information content (AvgIpc) is 2.86. The van der Waals surface area contributed by atoms with Gasteiger partial charge in [-0.3, -0.25) is 9.69 Å². The van der Waals surface area contributed by atoms with Crippen LogP contribution in [0.1, 0.15) is 48.3 Å². The number of halogens is 1. The molecule has 0 saturated carbocycles. The molecule has 1 aliphatic rings. The molecule has 1 fully saturated rings. The van der Waals surface area contributed by atoms with Crippen molar-refractivity contribution in [2.75, 3.05) is 12.0 Å². The monoisotopic (exact) mass is 517 g/mol. The summed E-state index contributed by atoms with van der Waals surface area (Å²) in [6.07, 6.45) is 1.83. The van der Waals surface area contributed by atoms with E-state index in [-0.39, 0.29) is 22.8 Å². The Morgan fingerprint density at radius 1 is 0.946 bits per heavy atom. The molecular formula is C30H32FNO4Si. The summed E-state index contributed by atoms with van der Waals surface area (Å²) in [4.78, 5) is 26.7. The second-order valence-corrected chi connectivity index (χ2v) is 15.4. The molecule has 1 heterocycles. The molecule has 0 aliphatic carbocycles. The van der Waals surface area contributed by atoms with Crippen LogP contribution in [0, 0.1) is 5.82 Å².